The van der Waals surface area contributed by atoms with Gasteiger partial charge in [-0.3, -0.25) is 0 Å². The molecule has 5 nitrogen and oxygen atoms in total. The van der Waals surface area contributed by atoms with Gasteiger partial charge in [0.25, 0.3) is 0 Å². The Morgan fingerprint density at radius 1 is 1.36 bits per heavy atom. The van der Waals surface area contributed by atoms with Crippen molar-refractivity contribution < 1.29 is 8.42 Å². The van der Waals surface area contributed by atoms with Crippen molar-refractivity contribution in [3.05, 3.63) is 0 Å². The van der Waals surface area contributed by atoms with Crippen LogP contribution in [0.5, 0.6) is 0 Å². The van der Waals surface area contributed by atoms with Gasteiger partial charge in [0.05, 0.1) is 5.75 Å². The van der Waals surface area contributed by atoms with Gasteiger partial charge in [-0.15, -0.1) is 0 Å². The molecule has 0 spiro atoms. The molecule has 1 heterocycles. The van der Waals surface area contributed by atoms with Crippen LogP contribution >= 0.6 is 0 Å². The molecule has 0 aromatic heterocycles. The van der Waals surface area contributed by atoms with Gasteiger partial charge in [-0.1, -0.05) is 0 Å². The maximum atomic E-state index is 10.6. The lowest BCUT2D eigenvalue weighted by atomic mass is 9.98. The predicted molar refractivity (Wildman–Crippen MR) is 56.4 cm³/mol. The predicted octanol–water partition coefficient (Wildman–Crippen LogP) is -1.14. The fourth-order valence-electron chi connectivity index (χ4n) is 1.61. The molecule has 1 rings (SSSR count). The summed E-state index contributed by atoms with van der Waals surface area (Å²) in [7, 11) is -3.30. The van der Waals surface area contributed by atoms with Gasteiger partial charge in [0.1, 0.15) is 0 Å². The number of nitrogens with two attached hydrogens (primary N) is 1. The minimum Gasteiger partial charge on any atom is -0.317 e. The van der Waals surface area contributed by atoms with E-state index in [0.717, 1.165) is 19.6 Å². The topological polar surface area (TPSA) is 84.2 Å². The maximum Gasteiger partial charge on any atom is 0.210 e. The molecule has 0 amide bonds. The van der Waals surface area contributed by atoms with E-state index in [4.69, 9.17) is 5.14 Å². The van der Waals surface area contributed by atoms with E-state index in [1.807, 2.05) is 0 Å². The summed E-state index contributed by atoms with van der Waals surface area (Å²) in [6, 6.07) is 0. The minimum absolute atomic E-state index is 0.0258. The Morgan fingerprint density at radius 2 is 2.00 bits per heavy atom. The van der Waals surface area contributed by atoms with Gasteiger partial charge in [-0.2, -0.15) is 0 Å². The SMILES string of the molecule is NS(=O)(=O)CCNCC1CCNCC1. The molecular weight excluding hydrogens is 202 g/mol. The smallest absolute Gasteiger partial charge is 0.210 e. The molecule has 84 valence electrons. The Labute approximate surface area is 85.5 Å². The second kappa shape index (κ2) is 5.65. The third-order valence-electron chi connectivity index (χ3n) is 2.46. The zero-order chi connectivity index (χ0) is 10.4. The number of hydrogen-bond donors (Lipinski definition) is 3. The third kappa shape index (κ3) is 5.54. The average molecular weight is 221 g/mol. The highest BCUT2D eigenvalue weighted by molar-refractivity contribution is 7.89. The quantitative estimate of drug-likeness (QED) is 0.513. The molecule has 14 heavy (non-hydrogen) atoms. The van der Waals surface area contributed by atoms with Crippen molar-refractivity contribution in [2.75, 3.05) is 31.9 Å². The molecule has 0 bridgehead atoms. The van der Waals surface area contributed by atoms with Crippen molar-refractivity contribution in [2.24, 2.45) is 11.1 Å². The minimum atomic E-state index is -3.30. The summed E-state index contributed by atoms with van der Waals surface area (Å²) < 4.78 is 21.2. The van der Waals surface area contributed by atoms with Crippen LogP contribution in [0.3, 0.4) is 0 Å². The van der Waals surface area contributed by atoms with Crippen LogP contribution in [0.15, 0.2) is 0 Å². The lowest BCUT2D eigenvalue weighted by Gasteiger charge is -2.22. The van der Waals surface area contributed by atoms with Gasteiger partial charge in [-0.25, -0.2) is 13.6 Å². The molecule has 0 aromatic carbocycles. The molecule has 0 aliphatic carbocycles. The maximum absolute atomic E-state index is 10.6. The fraction of sp³-hybridized carbons (Fsp3) is 1.00. The van der Waals surface area contributed by atoms with Crippen molar-refractivity contribution in [2.45, 2.75) is 12.8 Å². The molecular formula is C8H19N3O2S. The van der Waals surface area contributed by atoms with Crippen LogP contribution in [-0.2, 0) is 10.0 Å². The normalized spacial score (nSPS) is 19.8. The number of sulfonamides is 1. The summed E-state index contributed by atoms with van der Waals surface area (Å²) in [5.41, 5.74) is 0. The number of nitrogens with one attached hydrogen (secondary N) is 2. The number of hydrogen-bond acceptors (Lipinski definition) is 4. The van der Waals surface area contributed by atoms with Crippen LogP contribution in [0.25, 0.3) is 0 Å². The Kier molecular flexibility index (Phi) is 4.80. The Morgan fingerprint density at radius 3 is 2.57 bits per heavy atom. The summed E-state index contributed by atoms with van der Waals surface area (Å²) in [5.74, 6) is 0.703. The first-order valence-corrected chi connectivity index (χ1v) is 6.71. The summed E-state index contributed by atoms with van der Waals surface area (Å²) in [5, 5.41) is 11.3. The summed E-state index contributed by atoms with van der Waals surface area (Å²) in [6.07, 6.45) is 2.34. The third-order valence-corrected chi connectivity index (χ3v) is 3.23. The van der Waals surface area contributed by atoms with Gasteiger partial charge in [-0.05, 0) is 38.4 Å². The van der Waals surface area contributed by atoms with E-state index in [2.05, 4.69) is 10.6 Å². The first-order chi connectivity index (χ1) is 6.58. The molecule has 0 unspecified atom stereocenters. The van der Waals surface area contributed by atoms with Gasteiger partial charge < -0.3 is 10.6 Å². The second-order valence-electron chi connectivity index (χ2n) is 3.76. The zero-order valence-electron chi connectivity index (χ0n) is 8.33. The highest BCUT2D eigenvalue weighted by Crippen LogP contribution is 2.09. The number of piperidine rings is 1. The van der Waals surface area contributed by atoms with E-state index in [1.165, 1.54) is 12.8 Å². The standard InChI is InChI=1S/C8H19N3O2S/c9-14(12,13)6-5-11-7-8-1-3-10-4-2-8/h8,10-11H,1-7H2,(H2,9,12,13). The van der Waals surface area contributed by atoms with Crippen molar-refractivity contribution in [1.29, 1.82) is 0 Å². The second-order valence-corrected chi connectivity index (χ2v) is 5.50. The molecule has 1 aliphatic rings. The Bertz CT molecular complexity index is 247. The molecule has 1 aliphatic heterocycles. The van der Waals surface area contributed by atoms with E-state index in [1.54, 1.807) is 0 Å². The van der Waals surface area contributed by atoms with Crippen LogP contribution in [0.4, 0.5) is 0 Å². The first-order valence-electron chi connectivity index (χ1n) is 5.00. The van der Waals surface area contributed by atoms with E-state index < -0.39 is 10.0 Å². The highest BCUT2D eigenvalue weighted by Gasteiger charge is 2.12. The lowest BCUT2D eigenvalue weighted by Crippen LogP contribution is -2.35. The Balaban J connectivity index is 2.03. The fourth-order valence-corrected chi connectivity index (χ4v) is 2.04. The highest BCUT2D eigenvalue weighted by atomic mass is 32.2. The van der Waals surface area contributed by atoms with E-state index in [9.17, 15) is 8.42 Å². The monoisotopic (exact) mass is 221 g/mol. The van der Waals surface area contributed by atoms with Crippen LogP contribution in [0.2, 0.25) is 0 Å². The van der Waals surface area contributed by atoms with Crippen LogP contribution in [0.1, 0.15) is 12.8 Å². The van der Waals surface area contributed by atoms with Crippen molar-refractivity contribution in [1.82, 2.24) is 10.6 Å². The summed E-state index contributed by atoms with van der Waals surface area (Å²) in [6.45, 7) is 3.50. The van der Waals surface area contributed by atoms with Gasteiger partial charge >= 0.3 is 0 Å². The van der Waals surface area contributed by atoms with Gasteiger partial charge in [0.15, 0.2) is 0 Å². The van der Waals surface area contributed by atoms with Crippen molar-refractivity contribution in [3.63, 3.8) is 0 Å². The summed E-state index contributed by atoms with van der Waals surface area (Å²) in [4.78, 5) is 0. The van der Waals surface area contributed by atoms with Crippen LogP contribution in [-0.4, -0.2) is 40.3 Å². The van der Waals surface area contributed by atoms with Gasteiger partial charge in [0, 0.05) is 6.54 Å². The van der Waals surface area contributed by atoms with E-state index >= 15 is 0 Å². The van der Waals surface area contributed by atoms with Gasteiger partial charge in [0.2, 0.25) is 10.0 Å². The molecule has 0 radical (unpaired) electrons. The Hall–Kier alpha value is -0.170. The number of primary sulfonamides is 1. The largest absolute Gasteiger partial charge is 0.317 e. The van der Waals surface area contributed by atoms with E-state index in [0.29, 0.717) is 12.5 Å². The molecule has 1 fully saturated rings. The zero-order valence-corrected chi connectivity index (χ0v) is 9.15. The molecule has 0 atom stereocenters. The lowest BCUT2D eigenvalue weighted by molar-refractivity contribution is 0.359. The number of rotatable bonds is 5. The van der Waals surface area contributed by atoms with Crippen LogP contribution in [0, 0.1) is 5.92 Å². The molecule has 4 N–H and O–H groups in total. The molecule has 0 aromatic rings. The molecule has 1 saturated heterocycles. The first kappa shape index (κ1) is 11.9. The molecule has 6 heteroatoms. The van der Waals surface area contributed by atoms with Crippen molar-refractivity contribution in [3.8, 4) is 0 Å². The average Bonchev–Trinajstić information content (AvgIpc) is 2.13. The summed E-state index contributed by atoms with van der Waals surface area (Å²) >= 11 is 0. The van der Waals surface area contributed by atoms with Crippen LogP contribution < -0.4 is 15.8 Å². The van der Waals surface area contributed by atoms with E-state index in [-0.39, 0.29) is 5.75 Å². The van der Waals surface area contributed by atoms with Crippen molar-refractivity contribution >= 4 is 10.0 Å². The molecule has 0 saturated carbocycles.